The van der Waals surface area contributed by atoms with Crippen LogP contribution in [-0.2, 0) is 16.2 Å². The van der Waals surface area contributed by atoms with Crippen LogP contribution in [0.25, 0.3) is 0 Å². The van der Waals surface area contributed by atoms with E-state index >= 15 is 0 Å². The van der Waals surface area contributed by atoms with Crippen molar-refractivity contribution in [1.29, 1.82) is 0 Å². The molecular weight excluding hydrogens is 322 g/mol. The molecule has 0 saturated carbocycles. The second kappa shape index (κ2) is 5.81. The zero-order chi connectivity index (χ0) is 17.5. The van der Waals surface area contributed by atoms with E-state index < -0.39 is 38.0 Å². The van der Waals surface area contributed by atoms with Crippen molar-refractivity contribution in [2.24, 2.45) is 0 Å². The zero-order valence-electron chi connectivity index (χ0n) is 13.0. The lowest BCUT2D eigenvalue weighted by Gasteiger charge is -2.23. The Kier molecular flexibility index (Phi) is 4.99. The lowest BCUT2D eigenvalue weighted by atomic mass is 10.0. The summed E-state index contributed by atoms with van der Waals surface area (Å²) in [5.74, 6) is -1.78. The molecule has 0 aromatic heterocycles. The van der Waals surface area contributed by atoms with Crippen LogP contribution in [-0.4, -0.2) is 14.0 Å². The summed E-state index contributed by atoms with van der Waals surface area (Å²) in [4.78, 5) is -1.36. The number of nitrogens with one attached hydrogen (secondary N) is 1. The maximum Gasteiger partial charge on any atom is 0.417 e. The molecule has 1 aromatic rings. The van der Waals surface area contributed by atoms with Crippen molar-refractivity contribution in [3.05, 3.63) is 29.1 Å². The molecule has 1 N–H and O–H groups in total. The summed E-state index contributed by atoms with van der Waals surface area (Å²) < 4.78 is 80.1. The second-order valence-electron chi connectivity index (χ2n) is 6.39. The van der Waals surface area contributed by atoms with Gasteiger partial charge in [0.25, 0.3) is 0 Å². The first kappa shape index (κ1) is 18.9. The van der Waals surface area contributed by atoms with Crippen LogP contribution in [0.3, 0.4) is 0 Å². The van der Waals surface area contributed by atoms with Gasteiger partial charge in [0.05, 0.1) is 5.56 Å². The summed E-state index contributed by atoms with van der Waals surface area (Å²) in [6.07, 6.45) is -4.98. The van der Waals surface area contributed by atoms with Crippen LogP contribution in [0.5, 0.6) is 0 Å². The molecule has 22 heavy (non-hydrogen) atoms. The van der Waals surface area contributed by atoms with Crippen LogP contribution >= 0.6 is 0 Å². The molecule has 0 radical (unpaired) electrons. The van der Waals surface area contributed by atoms with E-state index in [-0.39, 0.29) is 11.5 Å². The van der Waals surface area contributed by atoms with Gasteiger partial charge in [-0.25, -0.2) is 17.5 Å². The van der Waals surface area contributed by atoms with E-state index in [1.54, 1.807) is 13.8 Å². The van der Waals surface area contributed by atoms with Crippen LogP contribution in [0.2, 0.25) is 0 Å². The Morgan fingerprint density at radius 1 is 1.09 bits per heavy atom. The molecule has 0 spiro atoms. The van der Waals surface area contributed by atoms with Gasteiger partial charge in [-0.3, -0.25) is 0 Å². The largest absolute Gasteiger partial charge is 0.417 e. The van der Waals surface area contributed by atoms with Crippen molar-refractivity contribution >= 4 is 10.0 Å². The van der Waals surface area contributed by atoms with Crippen LogP contribution in [0.4, 0.5) is 17.6 Å². The SMILES string of the molecule is CC(C)c1cc(F)c(S(=O)(=O)NC(C)(C)C)c(C(F)(F)F)c1. The predicted molar refractivity (Wildman–Crippen MR) is 75.6 cm³/mol. The molecule has 0 aliphatic carbocycles. The number of sulfonamides is 1. The van der Waals surface area contributed by atoms with E-state index in [0.29, 0.717) is 6.07 Å². The number of alkyl halides is 3. The van der Waals surface area contributed by atoms with E-state index in [9.17, 15) is 26.0 Å². The van der Waals surface area contributed by atoms with Gasteiger partial charge in [0.15, 0.2) is 0 Å². The first-order valence-corrected chi connectivity index (χ1v) is 8.08. The molecule has 3 nitrogen and oxygen atoms in total. The second-order valence-corrected chi connectivity index (χ2v) is 8.01. The van der Waals surface area contributed by atoms with E-state index in [4.69, 9.17) is 0 Å². The van der Waals surface area contributed by atoms with E-state index in [1.165, 1.54) is 20.8 Å². The van der Waals surface area contributed by atoms with Gasteiger partial charge < -0.3 is 0 Å². The Morgan fingerprint density at radius 3 is 1.95 bits per heavy atom. The molecule has 0 fully saturated rings. The van der Waals surface area contributed by atoms with Crippen molar-refractivity contribution < 1.29 is 26.0 Å². The lowest BCUT2D eigenvalue weighted by Crippen LogP contribution is -2.41. The standard InChI is InChI=1S/C14H19F4NO2S/c1-8(2)9-6-10(14(16,17)18)12(11(15)7-9)22(20,21)19-13(3,4)5/h6-8,19H,1-5H3. The normalized spacial score (nSPS) is 13.7. The number of hydrogen-bond donors (Lipinski definition) is 1. The lowest BCUT2D eigenvalue weighted by molar-refractivity contribution is -0.140. The highest BCUT2D eigenvalue weighted by Gasteiger charge is 2.40. The summed E-state index contributed by atoms with van der Waals surface area (Å²) >= 11 is 0. The van der Waals surface area contributed by atoms with E-state index in [1.807, 2.05) is 4.72 Å². The quantitative estimate of drug-likeness (QED) is 0.843. The zero-order valence-corrected chi connectivity index (χ0v) is 13.8. The Balaban J connectivity index is 3.67. The smallest absolute Gasteiger partial charge is 0.207 e. The molecule has 0 bridgehead atoms. The maximum atomic E-state index is 14.2. The molecule has 0 saturated heterocycles. The Labute approximate surface area is 127 Å². The number of benzene rings is 1. The monoisotopic (exact) mass is 341 g/mol. The predicted octanol–water partition coefficient (Wildman–Crippen LogP) is 4.04. The molecule has 0 aliphatic rings. The number of rotatable bonds is 3. The molecule has 0 unspecified atom stereocenters. The minimum Gasteiger partial charge on any atom is -0.207 e. The third-order valence-electron chi connectivity index (χ3n) is 2.75. The molecule has 8 heteroatoms. The average molecular weight is 341 g/mol. The van der Waals surface area contributed by atoms with Crippen molar-refractivity contribution in [1.82, 2.24) is 4.72 Å². The third-order valence-corrected chi connectivity index (χ3v) is 4.58. The molecule has 0 atom stereocenters. The van der Waals surface area contributed by atoms with E-state index in [2.05, 4.69) is 0 Å². The fourth-order valence-electron chi connectivity index (χ4n) is 1.89. The number of hydrogen-bond acceptors (Lipinski definition) is 2. The molecular formula is C14H19F4NO2S. The Hall–Kier alpha value is -1.15. The molecule has 0 heterocycles. The van der Waals surface area contributed by atoms with Gasteiger partial charge in [0.2, 0.25) is 10.0 Å². The summed E-state index contributed by atoms with van der Waals surface area (Å²) in [6, 6.07) is 1.52. The van der Waals surface area contributed by atoms with Crippen molar-refractivity contribution in [3.63, 3.8) is 0 Å². The fraction of sp³-hybridized carbons (Fsp3) is 0.571. The van der Waals surface area contributed by atoms with Gasteiger partial charge in [-0.05, 0) is 44.4 Å². The maximum absolute atomic E-state index is 14.2. The van der Waals surface area contributed by atoms with Gasteiger partial charge in [-0.2, -0.15) is 13.2 Å². The van der Waals surface area contributed by atoms with Gasteiger partial charge in [-0.1, -0.05) is 13.8 Å². The van der Waals surface area contributed by atoms with Crippen molar-refractivity contribution in [2.45, 2.75) is 57.1 Å². The summed E-state index contributed by atoms with van der Waals surface area (Å²) in [7, 11) is -4.65. The molecule has 1 rings (SSSR count). The summed E-state index contributed by atoms with van der Waals surface area (Å²) in [5.41, 5.74) is -2.45. The average Bonchev–Trinajstić information content (AvgIpc) is 2.22. The molecule has 0 aliphatic heterocycles. The van der Waals surface area contributed by atoms with E-state index in [0.717, 1.165) is 6.07 Å². The summed E-state index contributed by atoms with van der Waals surface area (Å²) in [5, 5.41) is 0. The van der Waals surface area contributed by atoms with Gasteiger partial charge in [0, 0.05) is 5.54 Å². The fourth-order valence-corrected chi connectivity index (χ4v) is 3.57. The first-order chi connectivity index (χ1) is 9.65. The van der Waals surface area contributed by atoms with Crippen LogP contribution < -0.4 is 4.72 Å². The minimum absolute atomic E-state index is 0.0829. The highest BCUT2D eigenvalue weighted by molar-refractivity contribution is 7.89. The third kappa shape index (κ3) is 4.42. The molecule has 1 aromatic carbocycles. The van der Waals surface area contributed by atoms with Crippen LogP contribution in [0.1, 0.15) is 51.7 Å². The van der Waals surface area contributed by atoms with Gasteiger partial charge in [-0.15, -0.1) is 0 Å². The molecule has 0 amide bonds. The highest BCUT2D eigenvalue weighted by Crippen LogP contribution is 2.37. The van der Waals surface area contributed by atoms with Gasteiger partial charge in [0.1, 0.15) is 10.7 Å². The first-order valence-electron chi connectivity index (χ1n) is 6.60. The van der Waals surface area contributed by atoms with Gasteiger partial charge >= 0.3 is 6.18 Å². The van der Waals surface area contributed by atoms with Crippen LogP contribution in [0, 0.1) is 5.82 Å². The minimum atomic E-state index is -4.98. The number of halogens is 4. The molecule has 126 valence electrons. The van der Waals surface area contributed by atoms with Crippen molar-refractivity contribution in [2.75, 3.05) is 0 Å². The Morgan fingerprint density at radius 2 is 1.59 bits per heavy atom. The van der Waals surface area contributed by atoms with Crippen LogP contribution in [0.15, 0.2) is 17.0 Å². The van der Waals surface area contributed by atoms with Crippen molar-refractivity contribution in [3.8, 4) is 0 Å². The topological polar surface area (TPSA) is 46.2 Å². The highest BCUT2D eigenvalue weighted by atomic mass is 32.2. The Bertz CT molecular complexity index is 659. The summed E-state index contributed by atoms with van der Waals surface area (Å²) in [6.45, 7) is 7.56.